The molecule has 0 bridgehead atoms. The number of nitrogens with one attached hydrogen (secondary N) is 1. The standard InChI is InChI=1S/C23H17N3O2S/c1-14-7-15(2)9-18(8-14)25-12-17(11-24)22-26-20(13-29-22)19-10-16-5-3-4-6-21(16)28-23(19)27/h3-10,12-13,25H,1-2H3/b17-12-. The summed E-state index contributed by atoms with van der Waals surface area (Å²) in [6, 6.07) is 17.4. The molecule has 0 radical (unpaired) electrons. The third kappa shape index (κ3) is 3.96. The van der Waals surface area contributed by atoms with Crippen LogP contribution in [0, 0.1) is 25.2 Å². The maximum Gasteiger partial charge on any atom is 0.345 e. The number of nitriles is 1. The summed E-state index contributed by atoms with van der Waals surface area (Å²) < 4.78 is 5.39. The number of hydrogen-bond acceptors (Lipinski definition) is 6. The smallest absolute Gasteiger partial charge is 0.345 e. The molecule has 4 aromatic rings. The molecular weight excluding hydrogens is 382 g/mol. The van der Waals surface area contributed by atoms with E-state index in [4.69, 9.17) is 4.42 Å². The van der Waals surface area contributed by atoms with Gasteiger partial charge in [0.25, 0.3) is 0 Å². The predicted octanol–water partition coefficient (Wildman–Crippen LogP) is 5.51. The quantitative estimate of drug-likeness (QED) is 0.362. The van der Waals surface area contributed by atoms with Gasteiger partial charge >= 0.3 is 5.63 Å². The summed E-state index contributed by atoms with van der Waals surface area (Å²) in [6.45, 7) is 4.05. The molecule has 2 aromatic carbocycles. The summed E-state index contributed by atoms with van der Waals surface area (Å²) in [6.07, 6.45) is 1.64. The van der Waals surface area contributed by atoms with Crippen molar-refractivity contribution in [3.05, 3.63) is 86.7 Å². The van der Waals surface area contributed by atoms with Gasteiger partial charge in [0.15, 0.2) is 0 Å². The van der Waals surface area contributed by atoms with Crippen LogP contribution in [0.25, 0.3) is 27.8 Å². The molecule has 5 nitrogen and oxygen atoms in total. The number of allylic oxidation sites excluding steroid dienone is 1. The molecule has 6 heteroatoms. The van der Waals surface area contributed by atoms with Crippen molar-refractivity contribution in [1.29, 1.82) is 5.26 Å². The molecule has 0 fully saturated rings. The van der Waals surface area contributed by atoms with Crippen molar-refractivity contribution in [3.63, 3.8) is 0 Å². The average Bonchev–Trinajstić information content (AvgIpc) is 3.17. The first-order valence-electron chi connectivity index (χ1n) is 8.98. The van der Waals surface area contributed by atoms with Gasteiger partial charge < -0.3 is 9.73 Å². The summed E-state index contributed by atoms with van der Waals surface area (Å²) in [5.41, 5.74) is 4.54. The van der Waals surface area contributed by atoms with Gasteiger partial charge in [0.2, 0.25) is 0 Å². The molecule has 1 N–H and O–H groups in total. The highest BCUT2D eigenvalue weighted by atomic mass is 32.1. The highest BCUT2D eigenvalue weighted by Gasteiger charge is 2.13. The van der Waals surface area contributed by atoms with Crippen LogP contribution in [0.2, 0.25) is 0 Å². The molecular formula is C23H17N3O2S. The fourth-order valence-electron chi connectivity index (χ4n) is 3.12. The van der Waals surface area contributed by atoms with Crippen LogP contribution >= 0.6 is 11.3 Å². The molecule has 2 heterocycles. The molecule has 0 saturated carbocycles. The molecule has 29 heavy (non-hydrogen) atoms. The Morgan fingerprint density at radius 3 is 2.69 bits per heavy atom. The minimum atomic E-state index is -0.448. The SMILES string of the molecule is Cc1cc(C)cc(N/C=C(/C#N)c2nc(-c3cc4ccccc4oc3=O)cs2)c1. The molecule has 0 unspecified atom stereocenters. The summed E-state index contributed by atoms with van der Waals surface area (Å²) in [5, 5.41) is 15.9. The lowest BCUT2D eigenvalue weighted by atomic mass is 10.1. The van der Waals surface area contributed by atoms with Crippen LogP contribution in [0.1, 0.15) is 16.1 Å². The van der Waals surface area contributed by atoms with Gasteiger partial charge in [-0.3, -0.25) is 0 Å². The number of thiazole rings is 1. The Kier molecular flexibility index (Phi) is 4.98. The second-order valence-corrected chi connectivity index (χ2v) is 7.57. The fraction of sp³-hybridized carbons (Fsp3) is 0.0870. The Bertz CT molecular complexity index is 1320. The molecule has 2 aromatic heterocycles. The molecule has 0 atom stereocenters. The van der Waals surface area contributed by atoms with E-state index in [0.717, 1.165) is 22.2 Å². The first-order chi connectivity index (χ1) is 14.0. The number of nitrogens with zero attached hydrogens (tertiary/aromatic N) is 2. The Labute approximate surface area is 171 Å². The third-order valence-corrected chi connectivity index (χ3v) is 5.25. The van der Waals surface area contributed by atoms with E-state index >= 15 is 0 Å². The van der Waals surface area contributed by atoms with Crippen LogP contribution in [-0.2, 0) is 0 Å². The second-order valence-electron chi connectivity index (χ2n) is 6.71. The van der Waals surface area contributed by atoms with E-state index < -0.39 is 5.63 Å². The van der Waals surface area contributed by atoms with Crippen LogP contribution in [-0.4, -0.2) is 4.98 Å². The van der Waals surface area contributed by atoms with Crippen LogP contribution < -0.4 is 10.9 Å². The van der Waals surface area contributed by atoms with E-state index in [0.29, 0.717) is 27.4 Å². The number of aromatic nitrogens is 1. The van der Waals surface area contributed by atoms with Gasteiger partial charge in [0.05, 0.1) is 11.3 Å². The molecule has 4 rings (SSSR count). The number of benzene rings is 2. The normalized spacial score (nSPS) is 11.4. The summed E-state index contributed by atoms with van der Waals surface area (Å²) in [4.78, 5) is 16.9. The Morgan fingerprint density at radius 1 is 1.17 bits per heavy atom. The number of anilines is 1. The van der Waals surface area contributed by atoms with Crippen molar-refractivity contribution < 1.29 is 4.42 Å². The Morgan fingerprint density at radius 2 is 1.93 bits per heavy atom. The third-order valence-electron chi connectivity index (χ3n) is 4.38. The zero-order valence-corrected chi connectivity index (χ0v) is 16.7. The average molecular weight is 399 g/mol. The lowest BCUT2D eigenvalue weighted by Crippen LogP contribution is -2.02. The van der Waals surface area contributed by atoms with Crippen LogP contribution in [0.4, 0.5) is 5.69 Å². The van der Waals surface area contributed by atoms with Gasteiger partial charge in [0, 0.05) is 22.7 Å². The van der Waals surface area contributed by atoms with E-state index in [1.165, 1.54) is 11.3 Å². The minimum absolute atomic E-state index is 0.380. The van der Waals surface area contributed by atoms with Crippen molar-refractivity contribution in [2.24, 2.45) is 0 Å². The van der Waals surface area contributed by atoms with Gasteiger partial charge in [-0.1, -0.05) is 24.3 Å². The molecule has 0 saturated heterocycles. The molecule has 0 spiro atoms. The van der Waals surface area contributed by atoms with E-state index in [1.54, 1.807) is 23.7 Å². The topological polar surface area (TPSA) is 78.9 Å². The lowest BCUT2D eigenvalue weighted by molar-refractivity contribution is 0.563. The zero-order chi connectivity index (χ0) is 20.4. The Hall–Kier alpha value is -3.69. The highest BCUT2D eigenvalue weighted by Crippen LogP contribution is 2.26. The van der Waals surface area contributed by atoms with Gasteiger partial charge in [0.1, 0.15) is 22.2 Å². The Balaban J connectivity index is 1.66. The number of hydrogen-bond donors (Lipinski definition) is 1. The first kappa shape index (κ1) is 18.7. The van der Waals surface area contributed by atoms with Crippen molar-refractivity contribution >= 4 is 33.6 Å². The van der Waals surface area contributed by atoms with Crippen LogP contribution in [0.15, 0.2) is 69.3 Å². The van der Waals surface area contributed by atoms with Crippen molar-refractivity contribution in [2.75, 3.05) is 5.32 Å². The van der Waals surface area contributed by atoms with E-state index in [9.17, 15) is 10.1 Å². The molecule has 142 valence electrons. The first-order valence-corrected chi connectivity index (χ1v) is 9.86. The summed E-state index contributed by atoms with van der Waals surface area (Å²) in [7, 11) is 0. The maximum atomic E-state index is 12.4. The molecule has 0 aliphatic rings. The highest BCUT2D eigenvalue weighted by molar-refractivity contribution is 7.11. The predicted molar refractivity (Wildman–Crippen MR) is 117 cm³/mol. The van der Waals surface area contributed by atoms with Crippen LogP contribution in [0.5, 0.6) is 0 Å². The number of aryl methyl sites for hydroxylation is 2. The minimum Gasteiger partial charge on any atom is -0.422 e. The largest absolute Gasteiger partial charge is 0.422 e. The van der Waals surface area contributed by atoms with E-state index in [2.05, 4.69) is 22.4 Å². The lowest BCUT2D eigenvalue weighted by Gasteiger charge is -2.05. The number of para-hydroxylation sites is 1. The fourth-order valence-corrected chi connectivity index (χ4v) is 3.90. The van der Waals surface area contributed by atoms with Crippen molar-refractivity contribution in [1.82, 2.24) is 4.98 Å². The molecule has 0 aliphatic heterocycles. The maximum absolute atomic E-state index is 12.4. The molecule has 0 aliphatic carbocycles. The van der Waals surface area contributed by atoms with Crippen molar-refractivity contribution in [3.8, 4) is 17.3 Å². The second kappa shape index (κ2) is 7.74. The zero-order valence-electron chi connectivity index (χ0n) is 15.9. The van der Waals surface area contributed by atoms with Gasteiger partial charge in [-0.25, -0.2) is 9.78 Å². The van der Waals surface area contributed by atoms with Crippen LogP contribution in [0.3, 0.4) is 0 Å². The van der Waals surface area contributed by atoms with Crippen molar-refractivity contribution in [2.45, 2.75) is 13.8 Å². The number of fused-ring (bicyclic) bond motifs is 1. The number of rotatable bonds is 4. The van der Waals surface area contributed by atoms with Gasteiger partial charge in [-0.2, -0.15) is 5.26 Å². The van der Waals surface area contributed by atoms with E-state index in [1.807, 2.05) is 44.2 Å². The van der Waals surface area contributed by atoms with Gasteiger partial charge in [-0.15, -0.1) is 11.3 Å². The van der Waals surface area contributed by atoms with E-state index in [-0.39, 0.29) is 0 Å². The summed E-state index contributed by atoms with van der Waals surface area (Å²) >= 11 is 1.31. The summed E-state index contributed by atoms with van der Waals surface area (Å²) in [5.74, 6) is 0. The van der Waals surface area contributed by atoms with Gasteiger partial charge in [-0.05, 0) is 49.2 Å². The molecule has 0 amide bonds. The monoisotopic (exact) mass is 399 g/mol.